The van der Waals surface area contributed by atoms with E-state index in [1.54, 1.807) is 6.08 Å². The van der Waals surface area contributed by atoms with E-state index < -0.39 is 0 Å². The normalized spacial score (nSPS) is 14.7. The molecular formula is C26H35N3O3. The molecule has 6 heteroatoms. The Morgan fingerprint density at radius 3 is 2.75 bits per heavy atom. The van der Waals surface area contributed by atoms with Gasteiger partial charge in [-0.3, -0.25) is 0 Å². The Labute approximate surface area is 191 Å². The molecule has 0 amide bonds. The summed E-state index contributed by atoms with van der Waals surface area (Å²) in [7, 11) is 0. The van der Waals surface area contributed by atoms with Gasteiger partial charge in [0, 0.05) is 31.9 Å². The molecule has 1 fully saturated rings. The third-order valence-electron chi connectivity index (χ3n) is 5.18. The van der Waals surface area contributed by atoms with E-state index in [4.69, 9.17) is 19.2 Å². The number of benzene rings is 2. The molecule has 0 saturated carbocycles. The van der Waals surface area contributed by atoms with Gasteiger partial charge in [-0.05, 0) is 37.0 Å². The summed E-state index contributed by atoms with van der Waals surface area (Å²) in [5.74, 6) is 1.63. The molecule has 32 heavy (non-hydrogen) atoms. The van der Waals surface area contributed by atoms with Gasteiger partial charge in [-0.1, -0.05) is 55.1 Å². The minimum absolute atomic E-state index is 0.299. The quantitative estimate of drug-likeness (QED) is 0.313. The Morgan fingerprint density at radius 2 is 1.94 bits per heavy atom. The maximum atomic E-state index is 6.06. The minimum atomic E-state index is 0.299. The van der Waals surface area contributed by atoms with Crippen LogP contribution in [0.2, 0.25) is 0 Å². The molecule has 1 saturated heterocycles. The molecule has 1 aliphatic rings. The average molecular weight is 438 g/mol. The molecule has 1 heterocycles. The second kappa shape index (κ2) is 13.6. The van der Waals surface area contributed by atoms with Gasteiger partial charge in [0.1, 0.15) is 12.4 Å². The number of hydrogen-bond donors (Lipinski definition) is 2. The maximum Gasteiger partial charge on any atom is 0.191 e. The molecule has 2 aromatic carbocycles. The summed E-state index contributed by atoms with van der Waals surface area (Å²) in [6, 6.07) is 16.5. The number of aliphatic imine (C=N–C) groups is 1. The van der Waals surface area contributed by atoms with Crippen LogP contribution in [0.3, 0.4) is 0 Å². The first kappa shape index (κ1) is 23.8. The van der Waals surface area contributed by atoms with Gasteiger partial charge in [0.2, 0.25) is 0 Å². The Bertz CT molecular complexity index is 863. The molecule has 0 atom stereocenters. The highest BCUT2D eigenvalue weighted by Crippen LogP contribution is 2.18. The Kier molecular flexibility index (Phi) is 10.1. The first-order valence-corrected chi connectivity index (χ1v) is 11.4. The van der Waals surface area contributed by atoms with E-state index in [1.807, 2.05) is 18.2 Å². The lowest BCUT2D eigenvalue weighted by atomic mass is 10.1. The highest BCUT2D eigenvalue weighted by molar-refractivity contribution is 5.79. The third-order valence-corrected chi connectivity index (χ3v) is 5.18. The Hall–Kier alpha value is -2.83. The summed E-state index contributed by atoms with van der Waals surface area (Å²) < 4.78 is 17.2. The predicted octanol–water partition coefficient (Wildman–Crippen LogP) is 4.20. The second-order valence-corrected chi connectivity index (χ2v) is 7.70. The van der Waals surface area contributed by atoms with Gasteiger partial charge in [0.25, 0.3) is 0 Å². The van der Waals surface area contributed by atoms with Crippen molar-refractivity contribution in [3.8, 4) is 5.75 Å². The van der Waals surface area contributed by atoms with Crippen molar-refractivity contribution in [2.45, 2.75) is 45.6 Å². The fourth-order valence-electron chi connectivity index (χ4n) is 3.50. The summed E-state index contributed by atoms with van der Waals surface area (Å²) in [6.07, 6.45) is 4.00. The zero-order valence-electron chi connectivity index (χ0n) is 19.0. The third kappa shape index (κ3) is 8.02. The number of nitrogens with one attached hydrogen (secondary N) is 2. The molecule has 0 bridgehead atoms. The lowest BCUT2D eigenvalue weighted by Gasteiger charge is -2.22. The van der Waals surface area contributed by atoms with Crippen molar-refractivity contribution < 1.29 is 14.2 Å². The van der Waals surface area contributed by atoms with Crippen molar-refractivity contribution in [1.82, 2.24) is 10.6 Å². The molecule has 2 N–H and O–H groups in total. The number of para-hydroxylation sites is 1. The molecule has 0 radical (unpaired) electrons. The fourth-order valence-corrected chi connectivity index (χ4v) is 3.50. The molecule has 2 aromatic rings. The van der Waals surface area contributed by atoms with Gasteiger partial charge < -0.3 is 24.8 Å². The van der Waals surface area contributed by atoms with Crippen molar-refractivity contribution in [1.29, 1.82) is 0 Å². The first-order chi connectivity index (χ1) is 15.8. The van der Waals surface area contributed by atoms with Crippen LogP contribution in [-0.4, -0.2) is 38.4 Å². The summed E-state index contributed by atoms with van der Waals surface area (Å²) in [5, 5.41) is 6.72. The first-order valence-electron chi connectivity index (χ1n) is 11.4. The van der Waals surface area contributed by atoms with Crippen molar-refractivity contribution in [3.63, 3.8) is 0 Å². The highest BCUT2D eigenvalue weighted by Gasteiger charge is 2.14. The van der Waals surface area contributed by atoms with Gasteiger partial charge in [-0.15, -0.1) is 0 Å². The highest BCUT2D eigenvalue weighted by atomic mass is 16.5. The van der Waals surface area contributed by atoms with E-state index in [-0.39, 0.29) is 0 Å². The standard InChI is InChI=1S/C26H35N3O3/c1-3-14-31-25-11-6-5-10-23(25)19-29-26(27-4-2)28-18-21-8-7-9-22(17-21)20-32-24-12-15-30-16-13-24/h3,5-11,17,24H,1,4,12-16,18-20H2,2H3,(H2,27,28,29). The predicted molar refractivity (Wildman–Crippen MR) is 129 cm³/mol. The van der Waals surface area contributed by atoms with E-state index >= 15 is 0 Å². The van der Waals surface area contributed by atoms with Crippen LogP contribution in [0, 0.1) is 0 Å². The van der Waals surface area contributed by atoms with E-state index in [9.17, 15) is 0 Å². The van der Waals surface area contributed by atoms with Crippen molar-refractivity contribution in [2.24, 2.45) is 4.99 Å². The van der Waals surface area contributed by atoms with E-state index in [1.165, 1.54) is 5.56 Å². The second-order valence-electron chi connectivity index (χ2n) is 7.70. The van der Waals surface area contributed by atoms with Gasteiger partial charge in [-0.2, -0.15) is 0 Å². The van der Waals surface area contributed by atoms with Crippen LogP contribution in [0.5, 0.6) is 5.75 Å². The summed E-state index contributed by atoms with van der Waals surface area (Å²) in [4.78, 5) is 4.76. The number of guanidine groups is 1. The van der Waals surface area contributed by atoms with E-state index in [2.05, 4.69) is 54.5 Å². The topological polar surface area (TPSA) is 64.1 Å². The summed E-state index contributed by atoms with van der Waals surface area (Å²) in [5.41, 5.74) is 3.41. The van der Waals surface area contributed by atoms with Crippen LogP contribution >= 0.6 is 0 Å². The van der Waals surface area contributed by atoms with Crippen LogP contribution in [0.4, 0.5) is 0 Å². The van der Waals surface area contributed by atoms with Crippen molar-refractivity contribution in [3.05, 3.63) is 77.9 Å². The molecule has 3 rings (SSSR count). The van der Waals surface area contributed by atoms with Crippen LogP contribution in [0.1, 0.15) is 36.5 Å². The zero-order chi connectivity index (χ0) is 22.4. The van der Waals surface area contributed by atoms with Crippen molar-refractivity contribution >= 4 is 5.96 Å². The average Bonchev–Trinajstić information content (AvgIpc) is 2.84. The molecule has 0 aliphatic carbocycles. The van der Waals surface area contributed by atoms with E-state index in [0.717, 1.165) is 55.4 Å². The summed E-state index contributed by atoms with van der Waals surface area (Å²) in [6.45, 7) is 10.5. The zero-order valence-corrected chi connectivity index (χ0v) is 19.0. The number of nitrogens with zero attached hydrogens (tertiary/aromatic N) is 1. The lowest BCUT2D eigenvalue weighted by Crippen LogP contribution is -2.36. The molecular weight excluding hydrogens is 402 g/mol. The van der Waals surface area contributed by atoms with Crippen LogP contribution in [-0.2, 0) is 29.2 Å². The number of rotatable bonds is 11. The monoisotopic (exact) mass is 437 g/mol. The fraction of sp³-hybridized carbons (Fsp3) is 0.423. The largest absolute Gasteiger partial charge is 0.489 e. The Morgan fingerprint density at radius 1 is 1.12 bits per heavy atom. The minimum Gasteiger partial charge on any atom is -0.489 e. The molecule has 1 aliphatic heterocycles. The molecule has 6 nitrogen and oxygen atoms in total. The van der Waals surface area contributed by atoms with Crippen molar-refractivity contribution in [2.75, 3.05) is 26.4 Å². The van der Waals surface area contributed by atoms with Crippen LogP contribution in [0.15, 0.2) is 66.2 Å². The van der Waals surface area contributed by atoms with Gasteiger partial charge >= 0.3 is 0 Å². The lowest BCUT2D eigenvalue weighted by molar-refractivity contribution is -0.0390. The molecule has 0 aromatic heterocycles. The molecule has 172 valence electrons. The van der Waals surface area contributed by atoms with Crippen LogP contribution < -0.4 is 15.4 Å². The Balaban J connectivity index is 1.56. The van der Waals surface area contributed by atoms with Gasteiger partial charge in [0.05, 0.1) is 19.3 Å². The van der Waals surface area contributed by atoms with Crippen LogP contribution in [0.25, 0.3) is 0 Å². The van der Waals surface area contributed by atoms with Gasteiger partial charge in [0.15, 0.2) is 5.96 Å². The summed E-state index contributed by atoms with van der Waals surface area (Å²) >= 11 is 0. The maximum absolute atomic E-state index is 6.06. The smallest absolute Gasteiger partial charge is 0.191 e. The number of hydrogen-bond acceptors (Lipinski definition) is 4. The van der Waals surface area contributed by atoms with Gasteiger partial charge in [-0.25, -0.2) is 4.99 Å². The molecule has 0 spiro atoms. The molecule has 0 unspecified atom stereocenters. The number of ether oxygens (including phenoxy) is 3. The van der Waals surface area contributed by atoms with E-state index in [0.29, 0.717) is 32.4 Å². The SMILES string of the molecule is C=CCOc1ccccc1CNC(=NCc1cccc(COC2CCOCC2)c1)NCC.